The Bertz CT molecular complexity index is 1480. The van der Waals surface area contributed by atoms with Gasteiger partial charge in [0.15, 0.2) is 5.69 Å². The third-order valence-electron chi connectivity index (χ3n) is 6.10. The summed E-state index contributed by atoms with van der Waals surface area (Å²) in [5.41, 5.74) is 8.82. The summed E-state index contributed by atoms with van der Waals surface area (Å²) < 4.78 is 5.50. The molecule has 1 aliphatic heterocycles. The summed E-state index contributed by atoms with van der Waals surface area (Å²) in [4.78, 5) is 40.4. The van der Waals surface area contributed by atoms with E-state index in [0.717, 1.165) is 11.1 Å². The lowest BCUT2D eigenvalue weighted by Crippen LogP contribution is -2.31. The number of rotatable bonds is 7. The van der Waals surface area contributed by atoms with Crippen LogP contribution in [0.15, 0.2) is 65.7 Å². The number of amides is 2. The fourth-order valence-electron chi connectivity index (χ4n) is 4.15. The molecule has 4 N–H and O–H groups in total. The van der Waals surface area contributed by atoms with E-state index in [1.807, 2.05) is 12.1 Å². The SMILES string of the molecule is CC(C)(O)CCN1Cc2cc(NC(=O)c3coc(-c4ccnc(N)c4)n3)c(-c3cccnc3)cc2C1=O. The van der Waals surface area contributed by atoms with Gasteiger partial charge in [-0.25, -0.2) is 9.97 Å². The second-order valence-corrected chi connectivity index (χ2v) is 9.55. The lowest BCUT2D eigenvalue weighted by atomic mass is 9.99. The molecule has 0 radical (unpaired) electrons. The number of nitrogens with zero attached hydrogens (tertiary/aromatic N) is 4. The van der Waals surface area contributed by atoms with E-state index in [4.69, 9.17) is 10.2 Å². The minimum absolute atomic E-state index is 0.0888. The van der Waals surface area contributed by atoms with Crippen LogP contribution in [0.25, 0.3) is 22.6 Å². The molecule has 0 saturated carbocycles. The average Bonchev–Trinajstić information content (AvgIpc) is 3.48. The number of aliphatic hydroxyl groups is 1. The molecule has 188 valence electrons. The summed E-state index contributed by atoms with van der Waals surface area (Å²) in [7, 11) is 0. The molecule has 0 spiro atoms. The number of benzene rings is 1. The van der Waals surface area contributed by atoms with Gasteiger partial charge in [-0.15, -0.1) is 0 Å². The van der Waals surface area contributed by atoms with E-state index < -0.39 is 11.5 Å². The Hall–Kier alpha value is -4.57. The molecular formula is C27H26N6O4. The molecule has 4 heterocycles. The predicted molar refractivity (Wildman–Crippen MR) is 137 cm³/mol. The number of pyridine rings is 2. The van der Waals surface area contributed by atoms with Crippen molar-refractivity contribution in [3.8, 4) is 22.6 Å². The van der Waals surface area contributed by atoms with Crippen LogP contribution in [-0.4, -0.2) is 48.9 Å². The van der Waals surface area contributed by atoms with Crippen LogP contribution >= 0.6 is 0 Å². The number of oxazole rings is 1. The first-order valence-electron chi connectivity index (χ1n) is 11.8. The van der Waals surface area contributed by atoms with E-state index >= 15 is 0 Å². The fourth-order valence-corrected chi connectivity index (χ4v) is 4.15. The Labute approximate surface area is 213 Å². The third-order valence-corrected chi connectivity index (χ3v) is 6.10. The van der Waals surface area contributed by atoms with Crippen molar-refractivity contribution >= 4 is 23.3 Å². The highest BCUT2D eigenvalue weighted by atomic mass is 16.3. The number of fused-ring (bicyclic) bond motifs is 1. The molecular weight excluding hydrogens is 472 g/mol. The zero-order valence-corrected chi connectivity index (χ0v) is 20.4. The molecule has 10 nitrogen and oxygen atoms in total. The zero-order chi connectivity index (χ0) is 26.2. The zero-order valence-electron chi connectivity index (χ0n) is 20.4. The van der Waals surface area contributed by atoms with Crippen molar-refractivity contribution in [1.29, 1.82) is 0 Å². The largest absolute Gasteiger partial charge is 0.444 e. The molecule has 0 aliphatic carbocycles. The highest BCUT2D eigenvalue weighted by molar-refractivity contribution is 6.07. The lowest BCUT2D eigenvalue weighted by molar-refractivity contribution is 0.0517. The topological polar surface area (TPSA) is 147 Å². The molecule has 0 fully saturated rings. The number of carbonyl (C=O) groups excluding carboxylic acids is 2. The molecule has 0 bridgehead atoms. The monoisotopic (exact) mass is 498 g/mol. The van der Waals surface area contributed by atoms with Gasteiger partial charge in [-0.05, 0) is 56.2 Å². The van der Waals surface area contributed by atoms with Crippen LogP contribution in [0.3, 0.4) is 0 Å². The smallest absolute Gasteiger partial charge is 0.277 e. The number of aromatic nitrogens is 3. The minimum atomic E-state index is -0.881. The van der Waals surface area contributed by atoms with Crippen LogP contribution in [-0.2, 0) is 6.54 Å². The summed E-state index contributed by atoms with van der Waals surface area (Å²) in [6.07, 6.45) is 6.58. The van der Waals surface area contributed by atoms with Gasteiger partial charge in [-0.3, -0.25) is 14.6 Å². The lowest BCUT2D eigenvalue weighted by Gasteiger charge is -2.22. The highest BCUT2D eigenvalue weighted by Crippen LogP contribution is 2.35. The van der Waals surface area contributed by atoms with Crippen molar-refractivity contribution in [2.75, 3.05) is 17.6 Å². The summed E-state index contributed by atoms with van der Waals surface area (Å²) in [6, 6.07) is 10.5. The molecule has 10 heteroatoms. The maximum absolute atomic E-state index is 13.2. The first kappa shape index (κ1) is 24.1. The van der Waals surface area contributed by atoms with Gasteiger partial charge in [0.2, 0.25) is 5.89 Å². The molecule has 0 saturated heterocycles. The van der Waals surface area contributed by atoms with Gasteiger partial charge in [-0.2, -0.15) is 0 Å². The van der Waals surface area contributed by atoms with Crippen LogP contribution in [0, 0.1) is 0 Å². The molecule has 0 atom stereocenters. The molecule has 4 aromatic rings. The molecule has 3 aromatic heterocycles. The van der Waals surface area contributed by atoms with Crippen molar-refractivity contribution < 1.29 is 19.1 Å². The molecule has 37 heavy (non-hydrogen) atoms. The normalized spacial score (nSPS) is 13.1. The van der Waals surface area contributed by atoms with Crippen molar-refractivity contribution in [2.45, 2.75) is 32.4 Å². The van der Waals surface area contributed by atoms with E-state index in [1.54, 1.807) is 55.4 Å². The van der Waals surface area contributed by atoms with Gasteiger partial charge >= 0.3 is 0 Å². The third kappa shape index (κ3) is 5.19. The number of nitrogens with two attached hydrogens (primary N) is 1. The van der Waals surface area contributed by atoms with Crippen molar-refractivity contribution in [3.63, 3.8) is 0 Å². The highest BCUT2D eigenvalue weighted by Gasteiger charge is 2.30. The second-order valence-electron chi connectivity index (χ2n) is 9.55. The number of anilines is 2. The van der Waals surface area contributed by atoms with Crippen LogP contribution in [0.2, 0.25) is 0 Å². The molecule has 1 aromatic carbocycles. The van der Waals surface area contributed by atoms with Gasteiger partial charge in [0.1, 0.15) is 12.1 Å². The van der Waals surface area contributed by atoms with Crippen LogP contribution in [0.5, 0.6) is 0 Å². The second kappa shape index (κ2) is 9.47. The Balaban J connectivity index is 1.45. The van der Waals surface area contributed by atoms with E-state index in [-0.39, 0.29) is 17.5 Å². The Morgan fingerprint density at radius 3 is 2.76 bits per heavy atom. The number of nitrogen functional groups attached to an aromatic ring is 1. The van der Waals surface area contributed by atoms with Crippen molar-refractivity contribution in [3.05, 3.63) is 78.1 Å². The van der Waals surface area contributed by atoms with Gasteiger partial charge in [0, 0.05) is 59.6 Å². The van der Waals surface area contributed by atoms with E-state index in [9.17, 15) is 14.7 Å². The minimum Gasteiger partial charge on any atom is -0.444 e. The van der Waals surface area contributed by atoms with Gasteiger partial charge in [-0.1, -0.05) is 6.07 Å². The predicted octanol–water partition coefficient (Wildman–Crippen LogP) is 3.75. The Kier molecular flexibility index (Phi) is 6.18. The number of nitrogens with one attached hydrogen (secondary N) is 1. The fraction of sp³-hybridized carbons (Fsp3) is 0.222. The average molecular weight is 499 g/mol. The van der Waals surface area contributed by atoms with Crippen LogP contribution < -0.4 is 11.1 Å². The van der Waals surface area contributed by atoms with Gasteiger partial charge in [0.05, 0.1) is 5.60 Å². The number of hydrogen-bond acceptors (Lipinski definition) is 8. The van der Waals surface area contributed by atoms with E-state index in [0.29, 0.717) is 47.7 Å². The summed E-state index contributed by atoms with van der Waals surface area (Å²) in [6.45, 7) is 4.24. The van der Waals surface area contributed by atoms with E-state index in [1.165, 1.54) is 12.5 Å². The van der Waals surface area contributed by atoms with Gasteiger partial charge in [0.25, 0.3) is 11.8 Å². The summed E-state index contributed by atoms with van der Waals surface area (Å²) >= 11 is 0. The molecule has 1 aliphatic rings. The van der Waals surface area contributed by atoms with Crippen LogP contribution in [0.4, 0.5) is 11.5 Å². The first-order chi connectivity index (χ1) is 17.7. The molecule has 0 unspecified atom stereocenters. The first-order valence-corrected chi connectivity index (χ1v) is 11.8. The molecule has 2 amide bonds. The maximum atomic E-state index is 13.2. The molecule has 5 rings (SSSR count). The van der Waals surface area contributed by atoms with Crippen molar-refractivity contribution in [2.24, 2.45) is 0 Å². The summed E-state index contributed by atoms with van der Waals surface area (Å²) in [5.74, 6) is -0.0220. The number of carbonyl (C=O) groups is 2. The van der Waals surface area contributed by atoms with E-state index in [2.05, 4.69) is 20.3 Å². The van der Waals surface area contributed by atoms with Crippen LogP contribution in [0.1, 0.15) is 46.7 Å². The maximum Gasteiger partial charge on any atom is 0.277 e. The quantitative estimate of drug-likeness (QED) is 0.349. The number of hydrogen-bond donors (Lipinski definition) is 3. The van der Waals surface area contributed by atoms with Crippen molar-refractivity contribution in [1.82, 2.24) is 19.9 Å². The standard InChI is InChI=1S/C27H26N6O4/c1-27(2,36)6-9-33-14-18-10-21(19(12-20(18)26(33)35)17-4-3-7-29-13-17)31-24(34)22-15-37-25(32-22)16-5-8-30-23(28)11-16/h3-5,7-8,10-13,15,36H,6,9,14H2,1-2H3,(H2,28,30)(H,31,34). The summed E-state index contributed by atoms with van der Waals surface area (Å²) in [5, 5.41) is 13.0. The van der Waals surface area contributed by atoms with Gasteiger partial charge < -0.3 is 25.5 Å². The Morgan fingerprint density at radius 2 is 2.03 bits per heavy atom. The Morgan fingerprint density at radius 1 is 1.19 bits per heavy atom.